The van der Waals surface area contributed by atoms with E-state index in [1.165, 1.54) is 0 Å². The Labute approximate surface area is 194 Å². The topological polar surface area (TPSA) is 211 Å². The van der Waals surface area contributed by atoms with Crippen LogP contribution in [0.3, 0.4) is 0 Å². The lowest BCUT2D eigenvalue weighted by molar-refractivity contribution is -0.382. The van der Waals surface area contributed by atoms with Crippen LogP contribution in [0.4, 0.5) is 0 Å². The number of hydrogen-bond donors (Lipinski definition) is 7. The van der Waals surface area contributed by atoms with Gasteiger partial charge >= 0.3 is 11.9 Å². The molecule has 0 aromatic heterocycles. The minimum Gasteiger partial charge on any atom is -0.479 e. The lowest BCUT2D eigenvalue weighted by atomic mass is 9.75. The fourth-order valence-corrected chi connectivity index (χ4v) is 4.74. The van der Waals surface area contributed by atoms with Crippen LogP contribution < -0.4 is 0 Å². The van der Waals surface area contributed by atoms with Gasteiger partial charge in [0.1, 0.15) is 24.4 Å². The van der Waals surface area contributed by atoms with Crippen molar-refractivity contribution in [2.45, 2.75) is 67.6 Å². The summed E-state index contributed by atoms with van der Waals surface area (Å²) in [6.07, 6.45) is -8.97. The maximum absolute atomic E-state index is 12.7. The number of carbonyl (C=O) groups excluding carboxylic acids is 1. The zero-order valence-corrected chi connectivity index (χ0v) is 18.3. The molecule has 2 heterocycles. The molecule has 12 heteroatoms. The zero-order valence-electron chi connectivity index (χ0n) is 18.3. The number of Topliss-reactive ketones (excluding diaryl/α,β-unsaturated/α-hetero) is 1. The summed E-state index contributed by atoms with van der Waals surface area (Å²) in [5.74, 6) is -7.92. The smallest absolute Gasteiger partial charge is 0.342 e. The maximum Gasteiger partial charge on any atom is 0.342 e. The highest BCUT2D eigenvalue weighted by Gasteiger charge is 2.83. The van der Waals surface area contributed by atoms with Crippen LogP contribution in [0.2, 0.25) is 0 Å². The van der Waals surface area contributed by atoms with Crippen LogP contribution in [0.1, 0.15) is 25.3 Å². The van der Waals surface area contributed by atoms with E-state index in [0.717, 1.165) is 5.56 Å². The molecular formula is C22H28O12. The minimum absolute atomic E-state index is 0.383. The molecule has 8 unspecified atom stereocenters. The Morgan fingerprint density at radius 1 is 1.06 bits per heavy atom. The van der Waals surface area contributed by atoms with Crippen LogP contribution in [-0.4, -0.2) is 101 Å². The lowest BCUT2D eigenvalue weighted by Crippen LogP contribution is -2.77. The van der Waals surface area contributed by atoms with Gasteiger partial charge in [-0.25, -0.2) is 9.59 Å². The van der Waals surface area contributed by atoms with Crippen molar-refractivity contribution in [3.63, 3.8) is 0 Å². The van der Waals surface area contributed by atoms with E-state index in [1.807, 2.05) is 30.3 Å². The first kappa shape index (κ1) is 26.2. The number of ketones is 1. The van der Waals surface area contributed by atoms with Crippen molar-refractivity contribution in [1.29, 1.82) is 0 Å². The number of aliphatic hydroxyl groups is 5. The van der Waals surface area contributed by atoms with Gasteiger partial charge in [0.25, 0.3) is 0 Å². The number of ether oxygens (including phenoxy) is 2. The Kier molecular flexibility index (Phi) is 7.16. The molecule has 1 aromatic rings. The number of benzene rings is 1. The summed E-state index contributed by atoms with van der Waals surface area (Å²) in [4.78, 5) is 36.5. The predicted molar refractivity (Wildman–Crippen MR) is 110 cm³/mol. The van der Waals surface area contributed by atoms with Gasteiger partial charge in [-0.1, -0.05) is 37.3 Å². The molecule has 2 fully saturated rings. The van der Waals surface area contributed by atoms with Crippen LogP contribution in [-0.2, 0) is 30.3 Å². The normalized spacial score (nSPS) is 36.6. The molecule has 2 saturated heterocycles. The lowest BCUT2D eigenvalue weighted by Gasteiger charge is -2.49. The summed E-state index contributed by atoms with van der Waals surface area (Å²) in [7, 11) is 0. The summed E-state index contributed by atoms with van der Waals surface area (Å²) in [6.45, 7) is 0.451. The number of aliphatic hydroxyl groups excluding tert-OH is 4. The second kappa shape index (κ2) is 9.30. The van der Waals surface area contributed by atoms with Gasteiger partial charge in [-0.15, -0.1) is 0 Å². The first-order chi connectivity index (χ1) is 15.9. The van der Waals surface area contributed by atoms with E-state index in [2.05, 4.69) is 0 Å². The summed E-state index contributed by atoms with van der Waals surface area (Å²) in [6, 6.07) is 9.10. The largest absolute Gasteiger partial charge is 0.479 e. The Morgan fingerprint density at radius 3 is 2.21 bits per heavy atom. The van der Waals surface area contributed by atoms with E-state index in [-0.39, 0.29) is 0 Å². The molecule has 8 atom stereocenters. The fraction of sp³-hybridized carbons (Fsp3) is 0.591. The van der Waals surface area contributed by atoms with E-state index in [9.17, 15) is 50.1 Å². The molecule has 0 amide bonds. The Bertz CT molecular complexity index is 937. The molecule has 0 radical (unpaired) electrons. The van der Waals surface area contributed by atoms with Crippen LogP contribution in [0.15, 0.2) is 30.3 Å². The number of hydrogen-bond acceptors (Lipinski definition) is 10. The van der Waals surface area contributed by atoms with Crippen LogP contribution in [0, 0.1) is 5.92 Å². The molecule has 12 nitrogen and oxygen atoms in total. The van der Waals surface area contributed by atoms with E-state index in [4.69, 9.17) is 9.47 Å². The standard InChI is InChI=1S/C22H28O12/c1-11(9-12-5-3-2-4-6-12)15(25)13(24)7-8-20-16(26)17(27)22(34-20,19(30)31)21(32,18(28)29)14(10-23)33-20/h2-6,11,14-17,23,25-27,32H,7-10H2,1H3,(H,28,29)(H,30,31). The van der Waals surface area contributed by atoms with E-state index in [1.54, 1.807) is 6.92 Å². The molecule has 7 N–H and O–H groups in total. The van der Waals surface area contributed by atoms with Gasteiger partial charge in [-0.2, -0.15) is 0 Å². The number of rotatable bonds is 10. The first-order valence-electron chi connectivity index (χ1n) is 10.7. The monoisotopic (exact) mass is 484 g/mol. The van der Waals surface area contributed by atoms with Crippen LogP contribution >= 0.6 is 0 Å². The van der Waals surface area contributed by atoms with E-state index in [0.29, 0.717) is 6.42 Å². The van der Waals surface area contributed by atoms with Crippen LogP contribution in [0.25, 0.3) is 0 Å². The number of fused-ring (bicyclic) bond motifs is 2. The van der Waals surface area contributed by atoms with Gasteiger partial charge in [-0.05, 0) is 17.9 Å². The van der Waals surface area contributed by atoms with Gasteiger partial charge in [0.05, 0.1) is 6.61 Å². The SMILES string of the molecule is CC(Cc1ccccc1)C(O)C(=O)CCC12OC(CO)C(O)(C(=O)O)C(C(=O)O)(O1)C(O)C2O. The van der Waals surface area contributed by atoms with Gasteiger partial charge in [0.15, 0.2) is 11.6 Å². The highest BCUT2D eigenvalue weighted by Crippen LogP contribution is 2.54. The van der Waals surface area contributed by atoms with Gasteiger partial charge in [0, 0.05) is 12.8 Å². The zero-order chi connectivity index (χ0) is 25.5. The summed E-state index contributed by atoms with van der Waals surface area (Å²) in [5, 5.41) is 71.2. The Hall–Kier alpha value is -2.45. The Balaban J connectivity index is 1.82. The second-order valence-corrected chi connectivity index (χ2v) is 8.78. The molecule has 3 rings (SSSR count). The third kappa shape index (κ3) is 3.81. The number of carboxylic acids is 2. The van der Waals surface area contributed by atoms with Crippen molar-refractivity contribution >= 4 is 17.7 Å². The molecule has 2 aliphatic heterocycles. The van der Waals surface area contributed by atoms with Crippen molar-refractivity contribution in [2.75, 3.05) is 6.61 Å². The van der Waals surface area contributed by atoms with Gasteiger partial charge in [0.2, 0.25) is 11.2 Å². The number of carboxylic acid groups (broad SMARTS) is 2. The first-order valence-corrected chi connectivity index (χ1v) is 10.7. The third-order valence-corrected chi connectivity index (χ3v) is 6.67. The summed E-state index contributed by atoms with van der Waals surface area (Å²) >= 11 is 0. The average Bonchev–Trinajstić information content (AvgIpc) is 3.01. The van der Waals surface area contributed by atoms with Crippen molar-refractivity contribution in [3.8, 4) is 0 Å². The molecule has 2 bridgehead atoms. The average molecular weight is 484 g/mol. The molecule has 0 saturated carbocycles. The second-order valence-electron chi connectivity index (χ2n) is 8.78. The summed E-state index contributed by atoms with van der Waals surface area (Å²) in [5.41, 5.74) is -5.88. The number of aliphatic carboxylic acids is 2. The molecule has 34 heavy (non-hydrogen) atoms. The molecule has 1 aromatic carbocycles. The van der Waals surface area contributed by atoms with Gasteiger partial charge < -0.3 is 45.2 Å². The highest BCUT2D eigenvalue weighted by atomic mass is 16.8. The summed E-state index contributed by atoms with van der Waals surface area (Å²) < 4.78 is 10.6. The number of carbonyl (C=O) groups is 3. The Morgan fingerprint density at radius 2 is 1.68 bits per heavy atom. The highest BCUT2D eigenvalue weighted by molar-refractivity contribution is 5.93. The fourth-order valence-electron chi connectivity index (χ4n) is 4.74. The molecule has 2 aliphatic rings. The minimum atomic E-state index is -3.47. The van der Waals surface area contributed by atoms with Gasteiger partial charge in [-0.3, -0.25) is 4.79 Å². The maximum atomic E-state index is 12.7. The van der Waals surface area contributed by atoms with E-state index >= 15 is 0 Å². The van der Waals surface area contributed by atoms with Crippen molar-refractivity contribution in [1.82, 2.24) is 0 Å². The van der Waals surface area contributed by atoms with Crippen molar-refractivity contribution in [3.05, 3.63) is 35.9 Å². The molecule has 0 aliphatic carbocycles. The molecular weight excluding hydrogens is 456 g/mol. The van der Waals surface area contributed by atoms with Crippen molar-refractivity contribution in [2.24, 2.45) is 5.92 Å². The third-order valence-electron chi connectivity index (χ3n) is 6.67. The quantitative estimate of drug-likeness (QED) is 0.193. The van der Waals surface area contributed by atoms with Crippen LogP contribution in [0.5, 0.6) is 0 Å². The predicted octanol–water partition coefficient (Wildman–Crippen LogP) is -1.95. The van der Waals surface area contributed by atoms with E-state index < -0.39 is 84.5 Å². The molecule has 0 spiro atoms. The molecule has 188 valence electrons. The van der Waals surface area contributed by atoms with Crippen molar-refractivity contribution < 1.29 is 59.6 Å².